The summed E-state index contributed by atoms with van der Waals surface area (Å²) in [5, 5.41) is 12.5. The Kier molecular flexibility index (Phi) is 2.70. The average molecular weight is 265 g/mol. The molecule has 0 heterocycles. The fraction of sp³-hybridized carbons (Fsp3) is 0.417. The number of halogens is 1. The maximum Gasteiger partial charge on any atom is 0.125 e. The molecule has 0 unspecified atom stereocenters. The number of hydrogen-bond acceptors (Lipinski definition) is 2. The van der Waals surface area contributed by atoms with E-state index >= 15 is 0 Å². The molecule has 0 bridgehead atoms. The molecule has 0 spiro atoms. The lowest BCUT2D eigenvalue weighted by atomic mass is 9.70. The predicted molar refractivity (Wildman–Crippen MR) is 64.5 cm³/mol. The normalized spacial score (nSPS) is 29.0. The lowest BCUT2D eigenvalue weighted by Gasteiger charge is -2.42. The van der Waals surface area contributed by atoms with Gasteiger partial charge in [-0.2, -0.15) is 5.26 Å². The molecule has 1 aliphatic rings. The molecule has 1 aliphatic carbocycles. The lowest BCUT2D eigenvalue weighted by Crippen LogP contribution is -2.48. The summed E-state index contributed by atoms with van der Waals surface area (Å²) in [6.07, 6.45) is 1.89. The highest BCUT2D eigenvalue weighted by Crippen LogP contribution is 2.39. The number of anilines is 1. The SMILES string of the molecule is CC1CC(C#N)(Nc2ccc(Br)cc2)C1. The van der Waals surface area contributed by atoms with Crippen LogP contribution in [0.15, 0.2) is 28.7 Å². The second kappa shape index (κ2) is 3.86. The van der Waals surface area contributed by atoms with Gasteiger partial charge in [-0.15, -0.1) is 0 Å². The third-order valence-corrected chi connectivity index (χ3v) is 3.36. The molecule has 1 aromatic carbocycles. The Hall–Kier alpha value is -1.01. The van der Waals surface area contributed by atoms with Crippen molar-refractivity contribution in [2.75, 3.05) is 5.32 Å². The highest BCUT2D eigenvalue weighted by Gasteiger charge is 2.42. The van der Waals surface area contributed by atoms with E-state index in [-0.39, 0.29) is 5.54 Å². The van der Waals surface area contributed by atoms with Crippen molar-refractivity contribution < 1.29 is 0 Å². The van der Waals surface area contributed by atoms with Crippen molar-refractivity contribution in [2.24, 2.45) is 5.92 Å². The van der Waals surface area contributed by atoms with Gasteiger partial charge in [0.05, 0.1) is 6.07 Å². The Morgan fingerprint density at radius 2 is 2.00 bits per heavy atom. The molecule has 1 aromatic rings. The highest BCUT2D eigenvalue weighted by atomic mass is 79.9. The van der Waals surface area contributed by atoms with Gasteiger partial charge in [-0.05, 0) is 43.0 Å². The molecule has 1 saturated carbocycles. The monoisotopic (exact) mass is 264 g/mol. The summed E-state index contributed by atoms with van der Waals surface area (Å²) in [4.78, 5) is 0. The van der Waals surface area contributed by atoms with Crippen LogP contribution in [0.4, 0.5) is 5.69 Å². The first kappa shape index (κ1) is 10.5. The number of nitrogens with zero attached hydrogens (tertiary/aromatic N) is 1. The predicted octanol–water partition coefficient (Wildman–Crippen LogP) is 3.55. The molecule has 2 nitrogen and oxygen atoms in total. The van der Waals surface area contributed by atoms with Crippen LogP contribution >= 0.6 is 15.9 Å². The minimum atomic E-state index is -0.326. The molecule has 0 aliphatic heterocycles. The Bertz CT molecular complexity index is 385. The van der Waals surface area contributed by atoms with E-state index in [0.29, 0.717) is 5.92 Å². The van der Waals surface area contributed by atoms with Crippen molar-refractivity contribution in [3.05, 3.63) is 28.7 Å². The average Bonchev–Trinajstić information content (AvgIpc) is 2.18. The van der Waals surface area contributed by atoms with Crippen LogP contribution < -0.4 is 5.32 Å². The molecular weight excluding hydrogens is 252 g/mol. The van der Waals surface area contributed by atoms with Crippen LogP contribution in [0.1, 0.15) is 19.8 Å². The Balaban J connectivity index is 2.09. The minimum absolute atomic E-state index is 0.326. The summed E-state index contributed by atoms with van der Waals surface area (Å²) in [5.74, 6) is 0.660. The fourth-order valence-corrected chi connectivity index (χ4v) is 2.43. The first-order valence-electron chi connectivity index (χ1n) is 5.08. The Morgan fingerprint density at radius 1 is 1.40 bits per heavy atom. The molecule has 78 valence electrons. The zero-order valence-corrected chi connectivity index (χ0v) is 10.2. The number of rotatable bonds is 2. The Morgan fingerprint density at radius 3 is 2.47 bits per heavy atom. The largest absolute Gasteiger partial charge is 0.367 e. The second-order valence-electron chi connectivity index (χ2n) is 4.34. The molecule has 0 atom stereocenters. The van der Waals surface area contributed by atoms with Crippen LogP contribution in [0, 0.1) is 17.2 Å². The summed E-state index contributed by atoms with van der Waals surface area (Å²) in [5.41, 5.74) is 0.694. The van der Waals surface area contributed by atoms with E-state index < -0.39 is 0 Å². The first-order valence-corrected chi connectivity index (χ1v) is 5.88. The summed E-state index contributed by atoms with van der Waals surface area (Å²) in [6.45, 7) is 2.18. The van der Waals surface area contributed by atoms with Crippen LogP contribution in [0.2, 0.25) is 0 Å². The molecule has 15 heavy (non-hydrogen) atoms. The molecule has 3 heteroatoms. The maximum atomic E-state index is 9.15. The fourth-order valence-electron chi connectivity index (χ4n) is 2.16. The molecule has 0 saturated heterocycles. The second-order valence-corrected chi connectivity index (χ2v) is 5.25. The number of nitrogens with one attached hydrogen (secondary N) is 1. The van der Waals surface area contributed by atoms with E-state index in [0.717, 1.165) is 23.0 Å². The first-order chi connectivity index (χ1) is 7.13. The number of nitriles is 1. The highest BCUT2D eigenvalue weighted by molar-refractivity contribution is 9.10. The van der Waals surface area contributed by atoms with Crippen LogP contribution in [0.3, 0.4) is 0 Å². The van der Waals surface area contributed by atoms with Gasteiger partial charge < -0.3 is 5.32 Å². The lowest BCUT2D eigenvalue weighted by molar-refractivity contribution is 0.244. The number of hydrogen-bond donors (Lipinski definition) is 1. The summed E-state index contributed by atoms with van der Waals surface area (Å²) in [7, 11) is 0. The van der Waals surface area contributed by atoms with Gasteiger partial charge in [0.1, 0.15) is 5.54 Å². The molecular formula is C12H13BrN2. The van der Waals surface area contributed by atoms with E-state index in [1.807, 2.05) is 24.3 Å². The van der Waals surface area contributed by atoms with Crippen LogP contribution in [-0.2, 0) is 0 Å². The van der Waals surface area contributed by atoms with E-state index in [1.165, 1.54) is 0 Å². The van der Waals surface area contributed by atoms with Gasteiger partial charge in [0.15, 0.2) is 0 Å². The topological polar surface area (TPSA) is 35.8 Å². The van der Waals surface area contributed by atoms with Crippen molar-refractivity contribution in [2.45, 2.75) is 25.3 Å². The van der Waals surface area contributed by atoms with E-state index in [4.69, 9.17) is 5.26 Å². The van der Waals surface area contributed by atoms with E-state index in [9.17, 15) is 0 Å². The summed E-state index contributed by atoms with van der Waals surface area (Å²) < 4.78 is 1.06. The van der Waals surface area contributed by atoms with Gasteiger partial charge in [-0.25, -0.2) is 0 Å². The van der Waals surface area contributed by atoms with Gasteiger partial charge in [-0.1, -0.05) is 22.9 Å². The smallest absolute Gasteiger partial charge is 0.125 e. The number of benzene rings is 1. The zero-order chi connectivity index (χ0) is 10.9. The van der Waals surface area contributed by atoms with Gasteiger partial charge in [0, 0.05) is 10.2 Å². The van der Waals surface area contributed by atoms with Crippen molar-refractivity contribution in [1.29, 1.82) is 5.26 Å². The van der Waals surface area contributed by atoms with Crippen LogP contribution in [0.25, 0.3) is 0 Å². The van der Waals surface area contributed by atoms with E-state index in [1.54, 1.807) is 0 Å². The van der Waals surface area contributed by atoms with Gasteiger partial charge in [0.25, 0.3) is 0 Å². The maximum absolute atomic E-state index is 9.15. The molecule has 0 amide bonds. The molecule has 1 N–H and O–H groups in total. The standard InChI is InChI=1S/C12H13BrN2/c1-9-6-12(7-9,8-14)15-11-4-2-10(13)3-5-11/h2-5,9,15H,6-7H2,1H3. The third kappa shape index (κ3) is 2.15. The van der Waals surface area contributed by atoms with Crippen molar-refractivity contribution in [3.8, 4) is 6.07 Å². The molecule has 2 rings (SSSR count). The molecule has 1 fully saturated rings. The van der Waals surface area contributed by atoms with Gasteiger partial charge >= 0.3 is 0 Å². The Labute approximate surface area is 98.4 Å². The van der Waals surface area contributed by atoms with Crippen LogP contribution in [0.5, 0.6) is 0 Å². The van der Waals surface area contributed by atoms with E-state index in [2.05, 4.69) is 34.2 Å². The quantitative estimate of drug-likeness (QED) is 0.887. The van der Waals surface area contributed by atoms with Crippen molar-refractivity contribution >= 4 is 21.6 Å². The molecule has 0 radical (unpaired) electrons. The summed E-state index contributed by atoms with van der Waals surface area (Å²) >= 11 is 3.39. The van der Waals surface area contributed by atoms with Gasteiger partial charge in [-0.3, -0.25) is 0 Å². The molecule has 0 aromatic heterocycles. The minimum Gasteiger partial charge on any atom is -0.367 e. The summed E-state index contributed by atoms with van der Waals surface area (Å²) in [6, 6.07) is 10.3. The van der Waals surface area contributed by atoms with Crippen molar-refractivity contribution in [1.82, 2.24) is 0 Å². The third-order valence-electron chi connectivity index (χ3n) is 2.84. The van der Waals surface area contributed by atoms with Crippen molar-refractivity contribution in [3.63, 3.8) is 0 Å². The zero-order valence-electron chi connectivity index (χ0n) is 8.63. The van der Waals surface area contributed by atoms with Crippen LogP contribution in [-0.4, -0.2) is 5.54 Å². The van der Waals surface area contributed by atoms with Gasteiger partial charge in [0.2, 0.25) is 0 Å².